The summed E-state index contributed by atoms with van der Waals surface area (Å²) in [5.41, 5.74) is 2.65. The second kappa shape index (κ2) is 13.2. The van der Waals surface area contributed by atoms with E-state index in [4.69, 9.17) is 14.9 Å². The van der Waals surface area contributed by atoms with E-state index in [9.17, 15) is 14.0 Å². The van der Waals surface area contributed by atoms with Gasteiger partial charge in [0, 0.05) is 37.7 Å². The Labute approximate surface area is 193 Å². The molecule has 7 heteroatoms. The average Bonchev–Trinajstić information content (AvgIpc) is 2.79. The van der Waals surface area contributed by atoms with Crippen molar-refractivity contribution in [1.82, 2.24) is 4.90 Å². The third-order valence-corrected chi connectivity index (χ3v) is 5.09. The van der Waals surface area contributed by atoms with Crippen LogP contribution in [0, 0.1) is 5.82 Å². The van der Waals surface area contributed by atoms with Crippen LogP contribution in [0.3, 0.4) is 0 Å². The summed E-state index contributed by atoms with van der Waals surface area (Å²) in [4.78, 5) is 21.6. The van der Waals surface area contributed by atoms with Crippen LogP contribution >= 0.6 is 0 Å². The molecule has 0 spiro atoms. The monoisotopic (exact) mass is 455 g/mol. The SMILES string of the molecule is CC(C)=CCN1CCC(Oc2ccc(F)cc2)C(c2ccccc2)C1.O=C(O)C=CC(=O)O. The lowest BCUT2D eigenvalue weighted by molar-refractivity contribution is -0.134. The molecule has 1 fully saturated rings. The van der Waals surface area contributed by atoms with Crippen LogP contribution in [0.1, 0.15) is 31.7 Å². The molecule has 6 nitrogen and oxygen atoms in total. The van der Waals surface area contributed by atoms with Crippen LogP contribution in [0.25, 0.3) is 0 Å². The summed E-state index contributed by atoms with van der Waals surface area (Å²) in [5.74, 6) is -1.70. The van der Waals surface area contributed by atoms with Crippen LogP contribution in [-0.4, -0.2) is 52.8 Å². The number of piperidine rings is 1. The minimum absolute atomic E-state index is 0.107. The first-order valence-electron chi connectivity index (χ1n) is 10.7. The van der Waals surface area contributed by atoms with Gasteiger partial charge < -0.3 is 14.9 Å². The lowest BCUT2D eigenvalue weighted by Crippen LogP contribution is -2.44. The zero-order chi connectivity index (χ0) is 24.2. The molecule has 33 heavy (non-hydrogen) atoms. The number of ether oxygens (including phenoxy) is 1. The minimum atomic E-state index is -1.26. The molecule has 1 saturated heterocycles. The van der Waals surface area contributed by atoms with E-state index in [1.807, 2.05) is 6.07 Å². The summed E-state index contributed by atoms with van der Waals surface area (Å²) in [5, 5.41) is 15.6. The van der Waals surface area contributed by atoms with Gasteiger partial charge in [-0.05, 0) is 50.1 Å². The van der Waals surface area contributed by atoms with Gasteiger partial charge >= 0.3 is 11.9 Å². The molecular formula is C26H30FNO5. The number of aliphatic carboxylic acids is 2. The topological polar surface area (TPSA) is 87.1 Å². The summed E-state index contributed by atoms with van der Waals surface area (Å²) >= 11 is 0. The van der Waals surface area contributed by atoms with Crippen molar-refractivity contribution in [3.8, 4) is 5.75 Å². The molecule has 2 aromatic carbocycles. The van der Waals surface area contributed by atoms with Crippen LogP contribution in [0.15, 0.2) is 78.4 Å². The third-order valence-electron chi connectivity index (χ3n) is 5.09. The van der Waals surface area contributed by atoms with Gasteiger partial charge in [-0.3, -0.25) is 4.90 Å². The number of carbonyl (C=O) groups is 2. The maximum absolute atomic E-state index is 13.1. The first-order valence-corrected chi connectivity index (χ1v) is 10.7. The fourth-order valence-corrected chi connectivity index (χ4v) is 3.47. The predicted octanol–water partition coefficient (Wildman–Crippen LogP) is 4.74. The van der Waals surface area contributed by atoms with E-state index < -0.39 is 11.9 Å². The Balaban J connectivity index is 0.000000414. The smallest absolute Gasteiger partial charge is 0.328 e. The summed E-state index contributed by atoms with van der Waals surface area (Å²) in [6.07, 6.45) is 4.47. The van der Waals surface area contributed by atoms with E-state index in [-0.39, 0.29) is 11.9 Å². The lowest BCUT2D eigenvalue weighted by Gasteiger charge is -2.38. The predicted molar refractivity (Wildman–Crippen MR) is 125 cm³/mol. The quantitative estimate of drug-likeness (QED) is 0.463. The van der Waals surface area contributed by atoms with Gasteiger partial charge in [0.15, 0.2) is 0 Å². The van der Waals surface area contributed by atoms with Crippen LogP contribution in [0.5, 0.6) is 5.75 Å². The Hall–Kier alpha value is -3.45. The van der Waals surface area contributed by atoms with Crippen LogP contribution in [-0.2, 0) is 9.59 Å². The largest absolute Gasteiger partial charge is 0.490 e. The maximum Gasteiger partial charge on any atom is 0.328 e. The molecule has 2 unspecified atom stereocenters. The second-order valence-electron chi connectivity index (χ2n) is 7.97. The van der Waals surface area contributed by atoms with Crippen molar-refractivity contribution in [2.45, 2.75) is 32.3 Å². The number of likely N-dealkylation sites (tertiary alicyclic amines) is 1. The summed E-state index contributed by atoms with van der Waals surface area (Å²) < 4.78 is 19.4. The molecule has 0 amide bonds. The molecule has 2 aromatic rings. The molecular weight excluding hydrogens is 425 g/mol. The van der Waals surface area contributed by atoms with Gasteiger partial charge in [0.05, 0.1) is 0 Å². The number of benzene rings is 2. The molecule has 1 aliphatic heterocycles. The molecule has 0 radical (unpaired) electrons. The Morgan fingerprint density at radius 1 is 1.03 bits per heavy atom. The lowest BCUT2D eigenvalue weighted by atomic mass is 9.87. The van der Waals surface area contributed by atoms with E-state index in [1.54, 1.807) is 12.1 Å². The number of hydrogen-bond acceptors (Lipinski definition) is 4. The standard InChI is InChI=1S/C22H26FNO.C4H4O4/c1-17(2)12-14-24-15-13-22(25-20-10-8-19(23)9-11-20)21(16-24)18-6-4-3-5-7-18;5-3(6)1-2-4(7)8/h3-12,21-22H,13-16H2,1-2H3;1-2H,(H,5,6)(H,7,8). The van der Waals surface area contributed by atoms with Gasteiger partial charge in [0.1, 0.15) is 17.7 Å². The van der Waals surface area contributed by atoms with Crippen molar-refractivity contribution in [3.05, 3.63) is 89.8 Å². The maximum atomic E-state index is 13.1. The number of carboxylic acid groups (broad SMARTS) is 2. The van der Waals surface area contributed by atoms with Gasteiger partial charge in [-0.2, -0.15) is 0 Å². The number of halogens is 1. The molecule has 1 aliphatic rings. The van der Waals surface area contributed by atoms with Gasteiger partial charge in [-0.25, -0.2) is 14.0 Å². The second-order valence-corrected chi connectivity index (χ2v) is 7.97. The Morgan fingerprint density at radius 2 is 1.64 bits per heavy atom. The zero-order valence-corrected chi connectivity index (χ0v) is 18.9. The van der Waals surface area contributed by atoms with E-state index in [0.717, 1.165) is 31.8 Å². The van der Waals surface area contributed by atoms with E-state index >= 15 is 0 Å². The molecule has 176 valence electrons. The highest BCUT2D eigenvalue weighted by atomic mass is 19.1. The molecule has 2 atom stereocenters. The molecule has 1 heterocycles. The number of allylic oxidation sites excluding steroid dienone is 1. The average molecular weight is 456 g/mol. The van der Waals surface area contributed by atoms with Crippen molar-refractivity contribution in [1.29, 1.82) is 0 Å². The van der Waals surface area contributed by atoms with Crippen LogP contribution in [0.2, 0.25) is 0 Å². The van der Waals surface area contributed by atoms with Gasteiger partial charge in [0.2, 0.25) is 0 Å². The fourth-order valence-electron chi connectivity index (χ4n) is 3.47. The summed E-state index contributed by atoms with van der Waals surface area (Å²) in [6.45, 7) is 7.24. The number of hydrogen-bond donors (Lipinski definition) is 2. The Morgan fingerprint density at radius 3 is 2.18 bits per heavy atom. The van der Waals surface area contributed by atoms with Crippen LogP contribution in [0.4, 0.5) is 4.39 Å². The van der Waals surface area contributed by atoms with Gasteiger partial charge in [-0.1, -0.05) is 42.0 Å². The van der Waals surface area contributed by atoms with E-state index in [1.165, 1.54) is 23.3 Å². The highest BCUT2D eigenvalue weighted by Gasteiger charge is 2.31. The van der Waals surface area contributed by atoms with E-state index in [2.05, 4.69) is 49.1 Å². The number of carboxylic acids is 2. The van der Waals surface area contributed by atoms with Gasteiger partial charge in [0.25, 0.3) is 0 Å². The van der Waals surface area contributed by atoms with Gasteiger partial charge in [-0.15, -0.1) is 0 Å². The van der Waals surface area contributed by atoms with Crippen LogP contribution < -0.4 is 4.74 Å². The highest BCUT2D eigenvalue weighted by molar-refractivity contribution is 5.89. The molecule has 0 aromatic heterocycles. The summed E-state index contributed by atoms with van der Waals surface area (Å²) in [7, 11) is 0. The molecule has 0 bridgehead atoms. The third kappa shape index (κ3) is 9.70. The first-order chi connectivity index (χ1) is 15.7. The van der Waals surface area contributed by atoms with E-state index in [0.29, 0.717) is 18.1 Å². The Bertz CT molecular complexity index is 936. The minimum Gasteiger partial charge on any atom is -0.490 e. The van der Waals surface area contributed by atoms with Crippen molar-refractivity contribution in [2.24, 2.45) is 0 Å². The molecule has 0 saturated carbocycles. The zero-order valence-electron chi connectivity index (χ0n) is 18.9. The van der Waals surface area contributed by atoms with Crippen molar-refractivity contribution >= 4 is 11.9 Å². The molecule has 2 N–H and O–H groups in total. The van der Waals surface area contributed by atoms with Crippen molar-refractivity contribution < 1.29 is 28.9 Å². The number of rotatable bonds is 7. The van der Waals surface area contributed by atoms with Crippen molar-refractivity contribution in [3.63, 3.8) is 0 Å². The molecule has 0 aliphatic carbocycles. The highest BCUT2D eigenvalue weighted by Crippen LogP contribution is 2.31. The Kier molecular flexibility index (Phi) is 10.3. The fraction of sp³-hybridized carbons (Fsp3) is 0.308. The normalized spacial score (nSPS) is 18.2. The first kappa shape index (κ1) is 25.8. The van der Waals surface area contributed by atoms with Crippen molar-refractivity contribution in [2.75, 3.05) is 19.6 Å². The summed E-state index contributed by atoms with van der Waals surface area (Å²) in [6, 6.07) is 16.9. The number of nitrogens with zero attached hydrogens (tertiary/aromatic N) is 1. The molecule has 3 rings (SSSR count).